The number of rotatable bonds is 7. The Hall–Kier alpha value is -3.16. The predicted octanol–water partition coefficient (Wildman–Crippen LogP) is 2.58. The van der Waals surface area contributed by atoms with Crippen molar-refractivity contribution in [1.29, 1.82) is 0 Å². The number of carbonyl (C=O) groups excluding carboxylic acids is 4. The molecular formula is C22H26O8. The summed E-state index contributed by atoms with van der Waals surface area (Å²) in [6.45, 7) is 7.86. The molecular weight excluding hydrogens is 392 g/mol. The molecule has 1 aromatic rings. The summed E-state index contributed by atoms with van der Waals surface area (Å²) in [6.07, 6.45) is 1.40. The first-order valence-corrected chi connectivity index (χ1v) is 9.55. The minimum atomic E-state index is -1.89. The van der Waals surface area contributed by atoms with E-state index in [4.69, 9.17) is 18.9 Å². The van der Waals surface area contributed by atoms with E-state index in [1.165, 1.54) is 38.3 Å². The molecule has 0 N–H and O–H groups in total. The molecule has 0 amide bonds. The van der Waals surface area contributed by atoms with Gasteiger partial charge in [-0.1, -0.05) is 6.07 Å². The maximum atomic E-state index is 13.0. The van der Waals surface area contributed by atoms with Gasteiger partial charge in [-0.2, -0.15) is 0 Å². The number of ether oxygens (including phenoxy) is 4. The molecule has 8 heteroatoms. The Bertz CT molecular complexity index is 892. The number of carbonyl (C=O) groups is 4. The molecule has 0 heterocycles. The molecule has 1 aliphatic rings. The van der Waals surface area contributed by atoms with Gasteiger partial charge in [0.1, 0.15) is 5.60 Å². The molecule has 0 fully saturated rings. The van der Waals surface area contributed by atoms with Crippen molar-refractivity contribution in [1.82, 2.24) is 0 Å². The summed E-state index contributed by atoms with van der Waals surface area (Å²) in [7, 11) is 1.25. The quantitative estimate of drug-likeness (QED) is 0.378. The molecule has 8 nitrogen and oxygen atoms in total. The Labute approximate surface area is 175 Å². The number of esters is 4. The summed E-state index contributed by atoms with van der Waals surface area (Å²) < 4.78 is 20.7. The highest BCUT2D eigenvalue weighted by molar-refractivity contribution is 6.14. The van der Waals surface area contributed by atoms with Crippen molar-refractivity contribution >= 4 is 29.5 Å². The van der Waals surface area contributed by atoms with Crippen LogP contribution in [0.1, 0.15) is 56.1 Å². The highest BCUT2D eigenvalue weighted by Gasteiger charge is 2.56. The van der Waals surface area contributed by atoms with E-state index in [-0.39, 0.29) is 24.3 Å². The van der Waals surface area contributed by atoms with Crippen molar-refractivity contribution in [2.45, 2.75) is 45.6 Å². The van der Waals surface area contributed by atoms with Crippen molar-refractivity contribution in [2.24, 2.45) is 0 Å². The van der Waals surface area contributed by atoms with Crippen LogP contribution >= 0.6 is 0 Å². The van der Waals surface area contributed by atoms with Crippen molar-refractivity contribution in [3.63, 3.8) is 0 Å². The van der Waals surface area contributed by atoms with Crippen LogP contribution in [0.2, 0.25) is 0 Å². The van der Waals surface area contributed by atoms with Gasteiger partial charge in [0.15, 0.2) is 0 Å². The molecule has 0 saturated heterocycles. The fourth-order valence-electron chi connectivity index (χ4n) is 3.55. The maximum Gasteiger partial charge on any atom is 0.337 e. The van der Waals surface area contributed by atoms with Gasteiger partial charge in [-0.25, -0.2) is 4.79 Å². The van der Waals surface area contributed by atoms with Gasteiger partial charge in [-0.05, 0) is 57.0 Å². The Balaban J connectivity index is 2.84. The van der Waals surface area contributed by atoms with Crippen LogP contribution in [0, 0.1) is 0 Å². The lowest BCUT2D eigenvalue weighted by Gasteiger charge is -2.27. The van der Waals surface area contributed by atoms with Gasteiger partial charge in [-0.15, -0.1) is 0 Å². The molecule has 1 aromatic carbocycles. The van der Waals surface area contributed by atoms with Crippen molar-refractivity contribution < 1.29 is 38.1 Å². The van der Waals surface area contributed by atoms with Gasteiger partial charge in [0.2, 0.25) is 5.41 Å². The number of hydrogen-bond acceptors (Lipinski definition) is 8. The van der Waals surface area contributed by atoms with E-state index in [0.29, 0.717) is 11.1 Å². The molecule has 0 radical (unpaired) electrons. The summed E-state index contributed by atoms with van der Waals surface area (Å²) >= 11 is 0. The Morgan fingerprint density at radius 1 is 1.00 bits per heavy atom. The van der Waals surface area contributed by atoms with Crippen LogP contribution in [0.4, 0.5) is 0 Å². The monoisotopic (exact) mass is 418 g/mol. The highest BCUT2D eigenvalue weighted by atomic mass is 16.6. The number of fused-ring (bicyclic) bond motifs is 1. The van der Waals surface area contributed by atoms with E-state index < -0.39 is 34.9 Å². The molecule has 0 spiro atoms. The number of hydrogen-bond donors (Lipinski definition) is 0. The van der Waals surface area contributed by atoms with Crippen molar-refractivity contribution in [3.8, 4) is 0 Å². The molecule has 30 heavy (non-hydrogen) atoms. The van der Waals surface area contributed by atoms with Crippen LogP contribution in [0.5, 0.6) is 0 Å². The van der Waals surface area contributed by atoms with Gasteiger partial charge < -0.3 is 18.9 Å². The second kappa shape index (κ2) is 8.69. The lowest BCUT2D eigenvalue weighted by atomic mass is 9.82. The van der Waals surface area contributed by atoms with E-state index in [0.717, 1.165) is 0 Å². The average Bonchev–Trinajstić information content (AvgIpc) is 3.03. The minimum absolute atomic E-state index is 0.0477. The molecule has 0 aromatic heterocycles. The lowest BCUT2D eigenvalue weighted by Crippen LogP contribution is -2.43. The summed E-state index contributed by atoms with van der Waals surface area (Å²) in [5.74, 6) is -2.77. The van der Waals surface area contributed by atoms with E-state index in [1.807, 2.05) is 0 Å². The van der Waals surface area contributed by atoms with Gasteiger partial charge in [0.25, 0.3) is 0 Å². The van der Waals surface area contributed by atoms with Crippen LogP contribution in [0.3, 0.4) is 0 Å². The number of methoxy groups -OCH3 is 1. The SMILES string of the molecule is CCOC(=O)C1(C(=O)OCC)C=C(C(C)(C)OC(C)=O)c2cc(C(=O)OC)ccc21. The molecule has 1 aliphatic carbocycles. The summed E-state index contributed by atoms with van der Waals surface area (Å²) in [5, 5.41) is 0. The first-order valence-electron chi connectivity index (χ1n) is 9.55. The second-order valence-corrected chi connectivity index (χ2v) is 7.16. The number of benzene rings is 1. The van der Waals surface area contributed by atoms with E-state index in [9.17, 15) is 19.2 Å². The third-order valence-corrected chi connectivity index (χ3v) is 4.76. The smallest absolute Gasteiger partial charge is 0.337 e. The van der Waals surface area contributed by atoms with Crippen LogP contribution in [-0.4, -0.2) is 49.8 Å². The van der Waals surface area contributed by atoms with Crippen molar-refractivity contribution in [2.75, 3.05) is 20.3 Å². The first-order chi connectivity index (χ1) is 14.0. The fourth-order valence-corrected chi connectivity index (χ4v) is 3.55. The molecule has 2 rings (SSSR count). The Morgan fingerprint density at radius 3 is 2.03 bits per heavy atom. The molecule has 0 bridgehead atoms. The van der Waals surface area contributed by atoms with E-state index in [1.54, 1.807) is 27.7 Å². The topological polar surface area (TPSA) is 105 Å². The lowest BCUT2D eigenvalue weighted by molar-refractivity contribution is -0.161. The molecule has 0 saturated carbocycles. The van der Waals surface area contributed by atoms with Gasteiger partial charge in [0, 0.05) is 12.5 Å². The highest BCUT2D eigenvalue weighted by Crippen LogP contribution is 2.48. The molecule has 162 valence electrons. The van der Waals surface area contributed by atoms with Crippen LogP contribution in [0.15, 0.2) is 24.3 Å². The Kier molecular flexibility index (Phi) is 6.70. The van der Waals surface area contributed by atoms with E-state index >= 15 is 0 Å². The summed E-state index contributed by atoms with van der Waals surface area (Å²) in [5.41, 5.74) is -1.84. The summed E-state index contributed by atoms with van der Waals surface area (Å²) in [4.78, 5) is 49.8. The maximum absolute atomic E-state index is 13.0. The molecule has 0 atom stereocenters. The van der Waals surface area contributed by atoms with Crippen LogP contribution in [-0.2, 0) is 38.7 Å². The van der Waals surface area contributed by atoms with Crippen LogP contribution in [0.25, 0.3) is 5.57 Å². The predicted molar refractivity (Wildman–Crippen MR) is 107 cm³/mol. The minimum Gasteiger partial charge on any atom is -0.465 e. The first kappa shape index (κ1) is 23.1. The third kappa shape index (κ3) is 3.94. The fraction of sp³-hybridized carbons (Fsp3) is 0.455. The second-order valence-electron chi connectivity index (χ2n) is 7.16. The zero-order valence-corrected chi connectivity index (χ0v) is 18.0. The van der Waals surface area contributed by atoms with Gasteiger partial charge >= 0.3 is 23.9 Å². The molecule has 0 aliphatic heterocycles. The summed E-state index contributed by atoms with van der Waals surface area (Å²) in [6, 6.07) is 4.44. The largest absolute Gasteiger partial charge is 0.465 e. The van der Waals surface area contributed by atoms with E-state index in [2.05, 4.69) is 0 Å². The van der Waals surface area contributed by atoms with Gasteiger partial charge in [0.05, 0.1) is 25.9 Å². The normalized spacial score (nSPS) is 14.3. The van der Waals surface area contributed by atoms with Gasteiger partial charge in [-0.3, -0.25) is 14.4 Å². The van der Waals surface area contributed by atoms with Crippen molar-refractivity contribution in [3.05, 3.63) is 41.0 Å². The van der Waals surface area contributed by atoms with Crippen LogP contribution < -0.4 is 0 Å². The Morgan fingerprint density at radius 2 is 1.57 bits per heavy atom. The average molecular weight is 418 g/mol. The molecule has 0 unspecified atom stereocenters. The standard InChI is InChI=1S/C22H26O8/c1-7-28-19(25)22(20(26)29-8-2)12-17(21(4,5)30-13(3)23)15-11-14(18(24)27-6)9-10-16(15)22/h9-12H,7-8H2,1-6H3. The third-order valence-electron chi connectivity index (χ3n) is 4.76. The zero-order chi connectivity index (χ0) is 22.7. The zero-order valence-electron chi connectivity index (χ0n) is 18.0.